The van der Waals surface area contributed by atoms with E-state index in [4.69, 9.17) is 9.47 Å². The van der Waals surface area contributed by atoms with Gasteiger partial charge >= 0.3 is 6.03 Å². The van der Waals surface area contributed by atoms with E-state index in [9.17, 15) is 9.59 Å². The van der Waals surface area contributed by atoms with Crippen LogP contribution in [0.5, 0.6) is 11.5 Å². The molecule has 5 rings (SSSR count). The van der Waals surface area contributed by atoms with Crippen LogP contribution in [0.15, 0.2) is 66.9 Å². The number of benzene rings is 2. The summed E-state index contributed by atoms with van der Waals surface area (Å²) in [5.41, 5.74) is 2.88. The SMILES string of the molecule is COc1ccc(C2c3cccn3CCN2C(=O)NC2CC(=O)N(c3ccc(OC)cc3)C2)cc1. The summed E-state index contributed by atoms with van der Waals surface area (Å²) in [6.07, 6.45) is 2.32. The quantitative estimate of drug-likeness (QED) is 0.633. The second kappa shape index (κ2) is 9.13. The number of fused-ring (bicyclic) bond motifs is 1. The average molecular weight is 461 g/mol. The molecule has 8 heteroatoms. The van der Waals surface area contributed by atoms with Crippen molar-refractivity contribution in [2.75, 3.05) is 32.2 Å². The van der Waals surface area contributed by atoms with E-state index in [2.05, 4.69) is 16.0 Å². The summed E-state index contributed by atoms with van der Waals surface area (Å²) in [6, 6.07) is 18.6. The fourth-order valence-electron chi connectivity index (χ4n) is 4.81. The van der Waals surface area contributed by atoms with Gasteiger partial charge in [-0.25, -0.2) is 4.79 Å². The summed E-state index contributed by atoms with van der Waals surface area (Å²) in [5, 5.41) is 3.11. The van der Waals surface area contributed by atoms with Crippen LogP contribution in [0.4, 0.5) is 10.5 Å². The molecule has 8 nitrogen and oxygen atoms in total. The molecular weight excluding hydrogens is 432 g/mol. The first-order chi connectivity index (χ1) is 16.6. The maximum absolute atomic E-state index is 13.5. The Kier molecular flexibility index (Phi) is 5.88. The van der Waals surface area contributed by atoms with E-state index in [0.29, 0.717) is 13.1 Å². The molecule has 3 aromatic rings. The average Bonchev–Trinajstić information content (AvgIpc) is 3.49. The Morgan fingerprint density at radius 1 is 0.941 bits per heavy atom. The van der Waals surface area contributed by atoms with Crippen LogP contribution in [0.25, 0.3) is 0 Å². The van der Waals surface area contributed by atoms with Crippen LogP contribution in [0.1, 0.15) is 23.7 Å². The lowest BCUT2D eigenvalue weighted by Crippen LogP contribution is -2.50. The summed E-state index contributed by atoms with van der Waals surface area (Å²) >= 11 is 0. The molecule has 2 aliphatic rings. The summed E-state index contributed by atoms with van der Waals surface area (Å²) in [5.74, 6) is 1.50. The van der Waals surface area contributed by atoms with Gasteiger partial charge in [0.05, 0.1) is 26.3 Å². The number of amides is 3. The Bertz CT molecular complexity index is 1170. The molecule has 0 bridgehead atoms. The molecule has 176 valence electrons. The van der Waals surface area contributed by atoms with E-state index in [-0.39, 0.29) is 30.4 Å². The van der Waals surface area contributed by atoms with Gasteiger partial charge in [-0.15, -0.1) is 0 Å². The molecule has 2 aromatic carbocycles. The number of urea groups is 1. The Hall–Kier alpha value is -3.94. The van der Waals surface area contributed by atoms with Crippen molar-refractivity contribution in [1.29, 1.82) is 0 Å². The smallest absolute Gasteiger partial charge is 0.318 e. The van der Waals surface area contributed by atoms with Gasteiger partial charge in [-0.05, 0) is 54.1 Å². The Balaban J connectivity index is 1.33. The monoisotopic (exact) mass is 460 g/mol. The predicted molar refractivity (Wildman–Crippen MR) is 128 cm³/mol. The second-order valence-corrected chi connectivity index (χ2v) is 8.55. The van der Waals surface area contributed by atoms with Crippen molar-refractivity contribution in [3.05, 3.63) is 78.1 Å². The number of aromatic nitrogens is 1. The zero-order chi connectivity index (χ0) is 23.7. The van der Waals surface area contributed by atoms with Gasteiger partial charge in [-0.3, -0.25) is 4.79 Å². The van der Waals surface area contributed by atoms with Crippen molar-refractivity contribution in [2.24, 2.45) is 0 Å². The van der Waals surface area contributed by atoms with Crippen LogP contribution in [0.3, 0.4) is 0 Å². The van der Waals surface area contributed by atoms with Crippen molar-refractivity contribution in [3.63, 3.8) is 0 Å². The Labute approximate surface area is 198 Å². The van der Waals surface area contributed by atoms with Crippen molar-refractivity contribution >= 4 is 17.6 Å². The van der Waals surface area contributed by atoms with E-state index in [1.54, 1.807) is 19.1 Å². The maximum Gasteiger partial charge on any atom is 0.318 e. The molecule has 0 radical (unpaired) electrons. The molecule has 1 saturated heterocycles. The molecule has 3 heterocycles. The van der Waals surface area contributed by atoms with Gasteiger partial charge in [-0.2, -0.15) is 0 Å². The first-order valence-electron chi connectivity index (χ1n) is 11.4. The first-order valence-corrected chi connectivity index (χ1v) is 11.4. The van der Waals surface area contributed by atoms with Crippen LogP contribution in [-0.4, -0.2) is 54.8 Å². The van der Waals surface area contributed by atoms with Crippen LogP contribution >= 0.6 is 0 Å². The fraction of sp³-hybridized carbons (Fsp3) is 0.308. The second-order valence-electron chi connectivity index (χ2n) is 8.55. The normalized spacial score (nSPS) is 19.6. The van der Waals surface area contributed by atoms with Crippen LogP contribution < -0.4 is 19.7 Å². The van der Waals surface area contributed by atoms with E-state index in [1.807, 2.05) is 65.7 Å². The molecular formula is C26H28N4O4. The number of carbonyl (C=O) groups excluding carboxylic acids is 2. The molecule has 0 spiro atoms. The lowest BCUT2D eigenvalue weighted by molar-refractivity contribution is -0.117. The lowest BCUT2D eigenvalue weighted by Gasteiger charge is -2.38. The molecule has 0 saturated carbocycles. The van der Waals surface area contributed by atoms with E-state index in [0.717, 1.165) is 35.0 Å². The zero-order valence-electron chi connectivity index (χ0n) is 19.3. The highest BCUT2D eigenvalue weighted by molar-refractivity contribution is 5.96. The Morgan fingerprint density at radius 3 is 2.29 bits per heavy atom. The number of anilines is 1. The van der Waals surface area contributed by atoms with Gasteiger partial charge in [0.2, 0.25) is 5.91 Å². The summed E-state index contributed by atoms with van der Waals surface area (Å²) in [7, 11) is 3.25. The minimum Gasteiger partial charge on any atom is -0.497 e. The molecule has 1 N–H and O–H groups in total. The molecule has 2 atom stereocenters. The molecule has 3 amide bonds. The predicted octanol–water partition coefficient (Wildman–Crippen LogP) is 3.43. The third-order valence-corrected chi connectivity index (χ3v) is 6.57. The third kappa shape index (κ3) is 4.07. The molecule has 2 aliphatic heterocycles. The van der Waals surface area contributed by atoms with Crippen molar-refractivity contribution in [1.82, 2.24) is 14.8 Å². The largest absolute Gasteiger partial charge is 0.497 e. The highest BCUT2D eigenvalue weighted by Gasteiger charge is 2.36. The third-order valence-electron chi connectivity index (χ3n) is 6.57. The Morgan fingerprint density at radius 2 is 1.62 bits per heavy atom. The molecule has 0 aliphatic carbocycles. The van der Waals surface area contributed by atoms with Crippen LogP contribution in [-0.2, 0) is 11.3 Å². The van der Waals surface area contributed by atoms with Gasteiger partial charge in [0.15, 0.2) is 0 Å². The number of hydrogen-bond donors (Lipinski definition) is 1. The highest BCUT2D eigenvalue weighted by atomic mass is 16.5. The molecule has 1 aromatic heterocycles. The summed E-state index contributed by atoms with van der Waals surface area (Å²) in [6.45, 7) is 1.74. The van der Waals surface area contributed by atoms with Crippen molar-refractivity contribution < 1.29 is 19.1 Å². The standard InChI is InChI=1S/C26H28N4O4/c1-33-21-9-5-18(6-10-21)25-23-4-3-13-28(23)14-15-29(25)26(32)27-19-16-24(31)30(17-19)20-7-11-22(34-2)12-8-20/h3-13,19,25H,14-17H2,1-2H3,(H,27,32). The van der Waals surface area contributed by atoms with Gasteiger partial charge in [-0.1, -0.05) is 12.1 Å². The number of nitrogens with zero attached hydrogens (tertiary/aromatic N) is 3. The highest BCUT2D eigenvalue weighted by Crippen LogP contribution is 2.33. The summed E-state index contributed by atoms with van der Waals surface area (Å²) < 4.78 is 12.7. The molecule has 1 fully saturated rings. The van der Waals surface area contributed by atoms with Gasteiger partial charge in [0.1, 0.15) is 11.5 Å². The van der Waals surface area contributed by atoms with Crippen molar-refractivity contribution in [2.45, 2.75) is 25.0 Å². The van der Waals surface area contributed by atoms with Crippen LogP contribution in [0.2, 0.25) is 0 Å². The topological polar surface area (TPSA) is 76.0 Å². The number of methoxy groups -OCH3 is 2. The number of hydrogen-bond acceptors (Lipinski definition) is 4. The number of nitrogens with one attached hydrogen (secondary N) is 1. The minimum atomic E-state index is -0.257. The molecule has 34 heavy (non-hydrogen) atoms. The minimum absolute atomic E-state index is 0.00492. The molecule has 2 unspecified atom stereocenters. The van der Waals surface area contributed by atoms with E-state index >= 15 is 0 Å². The summed E-state index contributed by atoms with van der Waals surface area (Å²) in [4.78, 5) is 29.7. The first kappa shape index (κ1) is 21.9. The number of carbonyl (C=O) groups is 2. The van der Waals surface area contributed by atoms with Crippen molar-refractivity contribution in [3.8, 4) is 11.5 Å². The van der Waals surface area contributed by atoms with Gasteiger partial charge in [0.25, 0.3) is 0 Å². The lowest BCUT2D eigenvalue weighted by atomic mass is 10.00. The van der Waals surface area contributed by atoms with E-state index < -0.39 is 0 Å². The van der Waals surface area contributed by atoms with Gasteiger partial charge < -0.3 is 29.2 Å². The van der Waals surface area contributed by atoms with Crippen LogP contribution in [0, 0.1) is 0 Å². The fourth-order valence-corrected chi connectivity index (χ4v) is 4.81. The number of ether oxygens (including phenoxy) is 2. The number of rotatable bonds is 5. The van der Waals surface area contributed by atoms with E-state index in [1.165, 1.54) is 0 Å². The maximum atomic E-state index is 13.5. The zero-order valence-corrected chi connectivity index (χ0v) is 19.3. The van der Waals surface area contributed by atoms with Gasteiger partial charge in [0, 0.05) is 43.6 Å².